The highest BCUT2D eigenvalue weighted by molar-refractivity contribution is 14.1. The van der Waals surface area contributed by atoms with Gasteiger partial charge in [-0.2, -0.15) is 0 Å². The van der Waals surface area contributed by atoms with Crippen LogP contribution in [-0.2, 0) is 0 Å². The minimum atomic E-state index is -0.532. The molecule has 0 radical (unpaired) electrons. The zero-order valence-electron chi connectivity index (χ0n) is 13.4. The number of hydrogen-bond acceptors (Lipinski definition) is 2. The van der Waals surface area contributed by atoms with Gasteiger partial charge in [0.2, 0.25) is 0 Å². The number of aromatic amines is 1. The van der Waals surface area contributed by atoms with Gasteiger partial charge >= 0.3 is 6.03 Å². The number of hydrogen-bond donors (Lipinski definition) is 2. The smallest absolute Gasteiger partial charge is 0.305 e. The highest BCUT2D eigenvalue weighted by Crippen LogP contribution is 2.17. The van der Waals surface area contributed by atoms with Gasteiger partial charge in [-0.3, -0.25) is 9.89 Å². The van der Waals surface area contributed by atoms with Gasteiger partial charge < -0.3 is 5.32 Å². The van der Waals surface area contributed by atoms with Gasteiger partial charge in [-0.1, -0.05) is 30.3 Å². The molecule has 1 aromatic heterocycles. The summed E-state index contributed by atoms with van der Waals surface area (Å²) >= 11 is 2.13. The zero-order valence-corrected chi connectivity index (χ0v) is 15.5. The molecule has 0 saturated heterocycles. The molecule has 25 heavy (non-hydrogen) atoms. The fourth-order valence-corrected chi connectivity index (χ4v) is 2.83. The molecule has 0 atom stereocenters. The lowest BCUT2D eigenvalue weighted by Crippen LogP contribution is -2.17. The summed E-state index contributed by atoms with van der Waals surface area (Å²) in [6.45, 7) is 1.76. The van der Waals surface area contributed by atoms with Crippen LogP contribution in [0.2, 0.25) is 0 Å². The first-order valence-corrected chi connectivity index (χ1v) is 8.61. The van der Waals surface area contributed by atoms with Crippen LogP contribution in [0, 0.1) is 10.5 Å². The van der Waals surface area contributed by atoms with Crippen LogP contribution >= 0.6 is 22.6 Å². The maximum absolute atomic E-state index is 12.5. The molecule has 3 aromatic rings. The number of urea groups is 1. The Labute approximate surface area is 157 Å². The molecular formula is C18H15IN4O2. The van der Waals surface area contributed by atoms with Crippen LogP contribution < -0.4 is 10.9 Å². The Morgan fingerprint density at radius 1 is 1.16 bits per heavy atom. The third kappa shape index (κ3) is 3.87. The molecule has 7 heteroatoms. The predicted molar refractivity (Wildman–Crippen MR) is 107 cm³/mol. The number of rotatable bonds is 3. The maximum atomic E-state index is 12.5. The van der Waals surface area contributed by atoms with Gasteiger partial charge in [0.15, 0.2) is 0 Å². The van der Waals surface area contributed by atoms with Gasteiger partial charge in [-0.15, -0.1) is 0 Å². The van der Waals surface area contributed by atoms with Crippen molar-refractivity contribution in [2.24, 2.45) is 4.99 Å². The van der Waals surface area contributed by atoms with E-state index in [4.69, 9.17) is 0 Å². The zero-order chi connectivity index (χ0) is 17.8. The SMILES string of the molecule is Cc1[nH]n(-c2ccccc2)c(=O)c1/C=N/C(=O)Nc1ccccc1I. The summed E-state index contributed by atoms with van der Waals surface area (Å²) in [6.07, 6.45) is 1.29. The van der Waals surface area contributed by atoms with Crippen LogP contribution in [0.1, 0.15) is 11.3 Å². The number of para-hydroxylation sites is 2. The van der Waals surface area contributed by atoms with Crippen molar-refractivity contribution in [3.8, 4) is 5.69 Å². The van der Waals surface area contributed by atoms with E-state index in [0.717, 1.165) is 9.26 Å². The molecule has 0 aliphatic heterocycles. The Morgan fingerprint density at radius 2 is 1.84 bits per heavy atom. The average molecular weight is 446 g/mol. The third-order valence-corrected chi connectivity index (χ3v) is 4.50. The van der Waals surface area contributed by atoms with Crippen LogP contribution in [-0.4, -0.2) is 22.0 Å². The number of carbonyl (C=O) groups is 1. The van der Waals surface area contributed by atoms with E-state index in [0.29, 0.717) is 16.9 Å². The lowest BCUT2D eigenvalue weighted by molar-refractivity contribution is 0.259. The standard InChI is InChI=1S/C18H15IN4O2/c1-12-14(17(24)23(22-12)13-7-3-2-4-8-13)11-20-18(25)21-16-10-6-5-9-15(16)19/h2-11,22H,1H3,(H,21,25)/b20-11+. The number of anilines is 1. The summed E-state index contributed by atoms with van der Waals surface area (Å²) < 4.78 is 2.34. The Kier molecular flexibility index (Phi) is 5.13. The second kappa shape index (κ2) is 7.47. The van der Waals surface area contributed by atoms with E-state index >= 15 is 0 Å². The van der Waals surface area contributed by atoms with Crippen molar-refractivity contribution in [3.05, 3.63) is 79.8 Å². The lowest BCUT2D eigenvalue weighted by atomic mass is 10.3. The maximum Gasteiger partial charge on any atom is 0.345 e. The molecule has 0 unspecified atom stereocenters. The number of aryl methyl sites for hydroxylation is 1. The number of carbonyl (C=O) groups excluding carboxylic acids is 1. The predicted octanol–water partition coefficient (Wildman–Crippen LogP) is 3.73. The van der Waals surface area contributed by atoms with E-state index in [9.17, 15) is 9.59 Å². The summed E-state index contributed by atoms with van der Waals surface area (Å²) in [6, 6.07) is 16.1. The van der Waals surface area contributed by atoms with Gasteiger partial charge in [-0.25, -0.2) is 14.5 Å². The number of amides is 2. The van der Waals surface area contributed by atoms with Crippen LogP contribution in [0.25, 0.3) is 5.69 Å². The molecule has 0 bridgehead atoms. The minimum absolute atomic E-state index is 0.255. The van der Waals surface area contributed by atoms with Crippen molar-refractivity contribution in [1.82, 2.24) is 9.78 Å². The summed E-state index contributed by atoms with van der Waals surface area (Å²) in [5.74, 6) is 0. The highest BCUT2D eigenvalue weighted by atomic mass is 127. The fourth-order valence-electron chi connectivity index (χ4n) is 2.30. The van der Waals surface area contributed by atoms with Crippen molar-refractivity contribution in [2.45, 2.75) is 6.92 Å². The van der Waals surface area contributed by atoms with E-state index < -0.39 is 6.03 Å². The van der Waals surface area contributed by atoms with E-state index in [-0.39, 0.29) is 5.56 Å². The molecule has 126 valence electrons. The second-order valence-electron chi connectivity index (χ2n) is 5.29. The van der Waals surface area contributed by atoms with Gasteiger partial charge in [-0.05, 0) is 53.8 Å². The molecule has 0 aliphatic rings. The van der Waals surface area contributed by atoms with Gasteiger partial charge in [0.1, 0.15) is 0 Å². The molecular weight excluding hydrogens is 431 g/mol. The molecule has 6 nitrogen and oxygen atoms in total. The fraction of sp³-hybridized carbons (Fsp3) is 0.0556. The van der Waals surface area contributed by atoms with Crippen LogP contribution in [0.4, 0.5) is 10.5 Å². The van der Waals surface area contributed by atoms with Gasteiger partial charge in [0.05, 0.1) is 16.9 Å². The van der Waals surface area contributed by atoms with Crippen molar-refractivity contribution < 1.29 is 4.79 Å². The van der Waals surface area contributed by atoms with Crippen molar-refractivity contribution in [2.75, 3.05) is 5.32 Å². The molecule has 0 spiro atoms. The van der Waals surface area contributed by atoms with Crippen molar-refractivity contribution in [1.29, 1.82) is 0 Å². The van der Waals surface area contributed by atoms with E-state index in [1.807, 2.05) is 48.5 Å². The largest absolute Gasteiger partial charge is 0.345 e. The molecule has 0 saturated carbocycles. The number of aromatic nitrogens is 2. The van der Waals surface area contributed by atoms with Gasteiger partial charge in [0.25, 0.3) is 5.56 Å². The summed E-state index contributed by atoms with van der Waals surface area (Å²) in [5, 5.41) is 5.69. The third-order valence-electron chi connectivity index (χ3n) is 3.56. The molecule has 2 N–H and O–H groups in total. The molecule has 0 aliphatic carbocycles. The first kappa shape index (κ1) is 17.2. The molecule has 0 fully saturated rings. The average Bonchev–Trinajstić information content (AvgIpc) is 2.90. The number of H-pyrrole nitrogens is 1. The molecule has 2 aromatic carbocycles. The summed E-state index contributed by atoms with van der Waals surface area (Å²) in [5.41, 5.74) is 2.13. The Balaban J connectivity index is 1.82. The molecule has 1 heterocycles. The summed E-state index contributed by atoms with van der Waals surface area (Å²) in [7, 11) is 0. The number of halogens is 1. The van der Waals surface area contributed by atoms with Crippen molar-refractivity contribution >= 4 is 40.5 Å². The molecule has 3 rings (SSSR count). The van der Waals surface area contributed by atoms with Crippen LogP contribution in [0.5, 0.6) is 0 Å². The quantitative estimate of drug-likeness (QED) is 0.475. The molecule has 2 amide bonds. The lowest BCUT2D eigenvalue weighted by Gasteiger charge is -2.03. The Bertz CT molecular complexity index is 990. The van der Waals surface area contributed by atoms with E-state index in [1.54, 1.807) is 13.0 Å². The van der Waals surface area contributed by atoms with Crippen LogP contribution in [0.15, 0.2) is 64.4 Å². The number of aliphatic imine (C=N–C) groups is 1. The second-order valence-corrected chi connectivity index (χ2v) is 6.46. The van der Waals surface area contributed by atoms with Gasteiger partial charge in [0, 0.05) is 15.5 Å². The number of nitrogens with zero attached hydrogens (tertiary/aromatic N) is 2. The van der Waals surface area contributed by atoms with Crippen LogP contribution in [0.3, 0.4) is 0 Å². The first-order chi connectivity index (χ1) is 12.1. The Hall–Kier alpha value is -2.68. The monoisotopic (exact) mass is 446 g/mol. The summed E-state index contributed by atoms with van der Waals surface area (Å²) in [4.78, 5) is 28.4. The normalized spacial score (nSPS) is 11.0. The highest BCUT2D eigenvalue weighted by Gasteiger charge is 2.11. The van der Waals surface area contributed by atoms with E-state index in [2.05, 4.69) is 38.0 Å². The Morgan fingerprint density at radius 3 is 2.56 bits per heavy atom. The van der Waals surface area contributed by atoms with Crippen molar-refractivity contribution in [3.63, 3.8) is 0 Å². The van der Waals surface area contributed by atoms with E-state index in [1.165, 1.54) is 10.9 Å². The topological polar surface area (TPSA) is 79.2 Å². The number of nitrogens with one attached hydrogen (secondary N) is 2. The first-order valence-electron chi connectivity index (χ1n) is 7.53. The minimum Gasteiger partial charge on any atom is -0.305 e. The number of benzene rings is 2.